The third kappa shape index (κ3) is 4.23. The Balaban J connectivity index is 3.28. The first-order chi connectivity index (χ1) is 9.09. The summed E-state index contributed by atoms with van der Waals surface area (Å²) in [5, 5.41) is 19.8. The molecule has 1 aromatic carbocycles. The summed E-state index contributed by atoms with van der Waals surface area (Å²) < 4.78 is 27.3. The predicted octanol–water partition coefficient (Wildman–Crippen LogP) is 1.80. The number of rotatable bonds is 6. The lowest BCUT2D eigenvalue weighted by atomic mass is 10.0. The van der Waals surface area contributed by atoms with Crippen LogP contribution >= 0.6 is 15.9 Å². The Kier molecular flexibility index (Phi) is 5.25. The maximum Gasteiger partial charge on any atom is 0.289 e. The summed E-state index contributed by atoms with van der Waals surface area (Å²) in [6.07, 6.45) is 0.189. The molecule has 0 unspecified atom stereocenters. The number of hydrogen-bond acceptors (Lipinski definition) is 5. The summed E-state index contributed by atoms with van der Waals surface area (Å²) in [6, 6.07) is 3.70. The third-order valence-electron chi connectivity index (χ3n) is 2.56. The second-order valence-electron chi connectivity index (χ2n) is 4.83. The number of nitrogens with one attached hydrogen (secondary N) is 1. The summed E-state index contributed by atoms with van der Waals surface area (Å²) in [7, 11) is -4.07. The van der Waals surface area contributed by atoms with Gasteiger partial charge in [-0.2, -0.15) is 0 Å². The number of aliphatic hydroxyl groups is 1. The fourth-order valence-electron chi connectivity index (χ4n) is 1.60. The number of nitro groups is 1. The van der Waals surface area contributed by atoms with E-state index in [1.807, 2.05) is 0 Å². The molecule has 0 spiro atoms. The Morgan fingerprint density at radius 2 is 2.05 bits per heavy atom. The van der Waals surface area contributed by atoms with Gasteiger partial charge in [-0.25, -0.2) is 13.1 Å². The normalized spacial score (nSPS) is 12.4. The molecule has 1 rings (SSSR count). The summed E-state index contributed by atoms with van der Waals surface area (Å²) in [6.45, 7) is 2.98. The highest BCUT2D eigenvalue weighted by molar-refractivity contribution is 9.10. The molecule has 9 heteroatoms. The van der Waals surface area contributed by atoms with Crippen LogP contribution in [0, 0.1) is 10.1 Å². The highest BCUT2D eigenvalue weighted by Gasteiger charge is 2.31. The Bertz CT molecular complexity index is 615. The molecule has 20 heavy (non-hydrogen) atoms. The van der Waals surface area contributed by atoms with Crippen LogP contribution in [-0.2, 0) is 10.0 Å². The molecule has 0 saturated carbocycles. The van der Waals surface area contributed by atoms with Crippen molar-refractivity contribution < 1.29 is 18.4 Å². The van der Waals surface area contributed by atoms with Crippen LogP contribution in [0.1, 0.15) is 20.3 Å². The van der Waals surface area contributed by atoms with Crippen LogP contribution in [0.5, 0.6) is 0 Å². The molecule has 0 fully saturated rings. The molecule has 0 amide bonds. The van der Waals surface area contributed by atoms with Crippen molar-refractivity contribution in [2.45, 2.75) is 30.7 Å². The molecule has 0 aliphatic carbocycles. The van der Waals surface area contributed by atoms with E-state index < -0.39 is 31.1 Å². The van der Waals surface area contributed by atoms with Crippen LogP contribution in [0.15, 0.2) is 27.6 Å². The smallest absolute Gasteiger partial charge is 0.289 e. The molecule has 0 aliphatic heterocycles. The van der Waals surface area contributed by atoms with Gasteiger partial charge in [0.1, 0.15) is 0 Å². The molecule has 0 aliphatic rings. The molecular weight excluding hydrogens is 352 g/mol. The number of aliphatic hydroxyl groups excluding tert-OH is 1. The molecule has 0 bridgehead atoms. The summed E-state index contributed by atoms with van der Waals surface area (Å²) in [5.41, 5.74) is -1.41. The van der Waals surface area contributed by atoms with Crippen molar-refractivity contribution in [1.29, 1.82) is 0 Å². The number of nitrogens with zero attached hydrogens (tertiary/aromatic N) is 1. The van der Waals surface area contributed by atoms with Gasteiger partial charge in [-0.15, -0.1) is 0 Å². The van der Waals surface area contributed by atoms with Crippen molar-refractivity contribution in [3.8, 4) is 0 Å². The molecule has 2 N–H and O–H groups in total. The highest BCUT2D eigenvalue weighted by Crippen LogP contribution is 2.28. The minimum absolute atomic E-state index is 0.189. The Labute approximate surface area is 125 Å². The van der Waals surface area contributed by atoms with Crippen molar-refractivity contribution in [3.63, 3.8) is 0 Å². The van der Waals surface area contributed by atoms with Crippen LogP contribution < -0.4 is 4.72 Å². The largest absolute Gasteiger partial charge is 0.396 e. The Hall–Kier alpha value is -1.03. The van der Waals surface area contributed by atoms with Crippen LogP contribution in [0.25, 0.3) is 0 Å². The number of hydrogen-bond donors (Lipinski definition) is 2. The fourth-order valence-corrected chi connectivity index (χ4v) is 3.76. The second-order valence-corrected chi connectivity index (χ2v) is 7.40. The molecule has 0 saturated heterocycles. The van der Waals surface area contributed by atoms with Crippen molar-refractivity contribution >= 4 is 31.6 Å². The maximum absolute atomic E-state index is 12.3. The Morgan fingerprint density at radius 3 is 2.55 bits per heavy atom. The molecule has 0 heterocycles. The van der Waals surface area contributed by atoms with Gasteiger partial charge in [0.25, 0.3) is 5.69 Å². The minimum Gasteiger partial charge on any atom is -0.396 e. The van der Waals surface area contributed by atoms with E-state index >= 15 is 0 Å². The average molecular weight is 367 g/mol. The lowest BCUT2D eigenvalue weighted by Gasteiger charge is -2.24. The van der Waals surface area contributed by atoms with Gasteiger partial charge in [-0.3, -0.25) is 10.1 Å². The molecule has 0 atom stereocenters. The predicted molar refractivity (Wildman–Crippen MR) is 76.9 cm³/mol. The average Bonchev–Trinajstić information content (AvgIpc) is 2.26. The van der Waals surface area contributed by atoms with Crippen molar-refractivity contribution in [1.82, 2.24) is 4.72 Å². The zero-order chi connectivity index (χ0) is 15.6. The number of sulfonamides is 1. The van der Waals surface area contributed by atoms with Crippen molar-refractivity contribution in [3.05, 3.63) is 32.8 Å². The van der Waals surface area contributed by atoms with Gasteiger partial charge < -0.3 is 5.11 Å². The van der Waals surface area contributed by atoms with E-state index in [0.29, 0.717) is 4.47 Å². The molecule has 112 valence electrons. The van der Waals surface area contributed by atoms with Crippen molar-refractivity contribution in [2.24, 2.45) is 0 Å². The monoisotopic (exact) mass is 366 g/mol. The quantitative estimate of drug-likeness (QED) is 0.589. The van der Waals surface area contributed by atoms with E-state index in [2.05, 4.69) is 20.7 Å². The highest BCUT2D eigenvalue weighted by atomic mass is 79.9. The van der Waals surface area contributed by atoms with Crippen LogP contribution in [0.2, 0.25) is 0 Å². The summed E-state index contributed by atoms with van der Waals surface area (Å²) in [4.78, 5) is 9.77. The third-order valence-corrected chi connectivity index (χ3v) is 4.78. The number of halogens is 1. The SMILES string of the molecule is CC(C)(CCO)NS(=O)(=O)c1cc(Br)ccc1[N+](=O)[O-]. The van der Waals surface area contributed by atoms with Gasteiger partial charge in [0, 0.05) is 22.7 Å². The fraction of sp³-hybridized carbons (Fsp3) is 0.455. The number of benzene rings is 1. The topological polar surface area (TPSA) is 110 Å². The van der Waals surface area contributed by atoms with E-state index in [-0.39, 0.29) is 13.0 Å². The molecule has 0 radical (unpaired) electrons. The van der Waals surface area contributed by atoms with Crippen LogP contribution in [0.4, 0.5) is 5.69 Å². The lowest BCUT2D eigenvalue weighted by molar-refractivity contribution is -0.387. The second kappa shape index (κ2) is 6.17. The molecule has 1 aromatic rings. The zero-order valence-corrected chi connectivity index (χ0v) is 13.4. The van der Waals surface area contributed by atoms with Crippen LogP contribution in [0.3, 0.4) is 0 Å². The maximum atomic E-state index is 12.3. The van der Waals surface area contributed by atoms with E-state index in [0.717, 1.165) is 6.07 Å². The zero-order valence-electron chi connectivity index (χ0n) is 11.0. The summed E-state index contributed by atoms with van der Waals surface area (Å²) >= 11 is 3.09. The van der Waals surface area contributed by atoms with E-state index in [4.69, 9.17) is 5.11 Å². The van der Waals surface area contributed by atoms with Gasteiger partial charge in [0.05, 0.1) is 4.92 Å². The van der Waals surface area contributed by atoms with Gasteiger partial charge in [-0.05, 0) is 32.4 Å². The number of nitro benzene ring substituents is 1. The van der Waals surface area contributed by atoms with Gasteiger partial charge >= 0.3 is 0 Å². The molecule has 7 nitrogen and oxygen atoms in total. The first kappa shape index (κ1) is 17.0. The van der Waals surface area contributed by atoms with Gasteiger partial charge in [-0.1, -0.05) is 15.9 Å². The standard InChI is InChI=1S/C11H15BrN2O5S/c1-11(2,5-6-15)13-20(18,19)10-7-8(12)3-4-9(10)14(16)17/h3-4,7,13,15H,5-6H2,1-2H3. The van der Waals surface area contributed by atoms with E-state index in [1.165, 1.54) is 12.1 Å². The van der Waals surface area contributed by atoms with Crippen LogP contribution in [-0.4, -0.2) is 30.6 Å². The summed E-state index contributed by atoms with van der Waals surface area (Å²) in [5.74, 6) is 0. The van der Waals surface area contributed by atoms with E-state index in [9.17, 15) is 18.5 Å². The van der Waals surface area contributed by atoms with Crippen molar-refractivity contribution in [2.75, 3.05) is 6.61 Å². The Morgan fingerprint density at radius 1 is 1.45 bits per heavy atom. The minimum atomic E-state index is -4.07. The first-order valence-corrected chi connectivity index (χ1v) is 7.95. The lowest BCUT2D eigenvalue weighted by Crippen LogP contribution is -2.44. The molecule has 0 aromatic heterocycles. The van der Waals surface area contributed by atoms with E-state index in [1.54, 1.807) is 13.8 Å². The van der Waals surface area contributed by atoms with Gasteiger partial charge in [0.2, 0.25) is 10.0 Å². The van der Waals surface area contributed by atoms with Gasteiger partial charge in [0.15, 0.2) is 4.90 Å². The first-order valence-electron chi connectivity index (χ1n) is 5.68. The molecular formula is C11H15BrN2O5S.